The molecule has 1 heterocycles. The maximum Gasteiger partial charge on any atom is 0.189 e. The number of benzene rings is 1. The smallest absolute Gasteiger partial charge is 0.189 e. The maximum atomic E-state index is 10.1. The van der Waals surface area contributed by atoms with Crippen LogP contribution in [0.5, 0.6) is 11.5 Å². The van der Waals surface area contributed by atoms with Gasteiger partial charge < -0.3 is 30.4 Å². The highest BCUT2D eigenvalue weighted by Crippen LogP contribution is 2.27. The molecule has 1 aromatic carbocycles. The number of hydrogen-bond donors (Lipinski definition) is 3. The van der Waals surface area contributed by atoms with Crippen LogP contribution in [0.2, 0.25) is 0 Å². The van der Waals surface area contributed by atoms with Crippen molar-refractivity contribution in [1.29, 1.82) is 0 Å². The van der Waals surface area contributed by atoms with Gasteiger partial charge in [0.15, 0.2) is 17.5 Å². The lowest BCUT2D eigenvalue weighted by molar-refractivity contribution is 0.0157. The summed E-state index contributed by atoms with van der Waals surface area (Å²) in [5.74, 6) is 1.63. The van der Waals surface area contributed by atoms with Gasteiger partial charge in [0.25, 0.3) is 0 Å². The quantitative estimate of drug-likeness (QED) is 0.282. The number of rotatable bonds is 8. The fourth-order valence-corrected chi connectivity index (χ4v) is 2.58. The van der Waals surface area contributed by atoms with Crippen molar-refractivity contribution in [2.45, 2.75) is 12.6 Å². The van der Waals surface area contributed by atoms with Gasteiger partial charge >= 0.3 is 0 Å². The summed E-state index contributed by atoms with van der Waals surface area (Å²) >= 11 is 0. The normalized spacial score (nSPS) is 16.5. The number of β-amino-alcohol motifs (C(OH)–C–C–N with tert-alkyl or cyclic N) is 1. The van der Waals surface area contributed by atoms with Crippen LogP contribution < -0.4 is 20.5 Å². The summed E-state index contributed by atoms with van der Waals surface area (Å²) in [6.45, 7) is 4.50. The first-order chi connectivity index (χ1) is 12.1. The Bertz CT molecular complexity index is 568. The van der Waals surface area contributed by atoms with E-state index in [-0.39, 0.29) is 24.0 Å². The second-order valence-electron chi connectivity index (χ2n) is 5.84. The van der Waals surface area contributed by atoms with Crippen molar-refractivity contribution in [2.75, 3.05) is 53.6 Å². The first-order valence-electron chi connectivity index (χ1n) is 8.35. The van der Waals surface area contributed by atoms with E-state index in [1.165, 1.54) is 0 Å². The third-order valence-corrected chi connectivity index (χ3v) is 3.97. The zero-order chi connectivity index (χ0) is 18.1. The number of aliphatic hydroxyl groups excluding tert-OH is 1. The number of ether oxygens (including phenoxy) is 3. The molecule has 1 aliphatic heterocycles. The lowest BCUT2D eigenvalue weighted by atomic mass is 10.2. The van der Waals surface area contributed by atoms with E-state index >= 15 is 0 Å². The maximum absolute atomic E-state index is 10.1. The van der Waals surface area contributed by atoms with Crippen LogP contribution >= 0.6 is 24.0 Å². The van der Waals surface area contributed by atoms with E-state index in [9.17, 15) is 5.11 Å². The summed E-state index contributed by atoms with van der Waals surface area (Å²) in [7, 11) is 3.19. The molecule has 26 heavy (non-hydrogen) atoms. The van der Waals surface area contributed by atoms with Gasteiger partial charge in [-0.05, 0) is 17.7 Å². The number of nitrogens with two attached hydrogens (primary N) is 1. The minimum Gasteiger partial charge on any atom is -0.493 e. The highest BCUT2D eigenvalue weighted by molar-refractivity contribution is 14.0. The molecular weight excluding hydrogens is 451 g/mol. The predicted octanol–water partition coefficient (Wildman–Crippen LogP) is 0.419. The summed E-state index contributed by atoms with van der Waals surface area (Å²) in [5.41, 5.74) is 6.82. The van der Waals surface area contributed by atoms with Crippen LogP contribution in [0.25, 0.3) is 0 Å². The van der Waals surface area contributed by atoms with Crippen molar-refractivity contribution in [3.63, 3.8) is 0 Å². The Hall–Kier alpha value is -1.30. The van der Waals surface area contributed by atoms with E-state index in [1.807, 2.05) is 18.2 Å². The number of nitrogens with zero attached hydrogens (tertiary/aromatic N) is 2. The van der Waals surface area contributed by atoms with Crippen LogP contribution in [0.1, 0.15) is 5.56 Å². The van der Waals surface area contributed by atoms with E-state index in [1.54, 1.807) is 14.2 Å². The number of hydrogen-bond acceptors (Lipinski definition) is 6. The Morgan fingerprint density at radius 1 is 1.31 bits per heavy atom. The lowest BCUT2D eigenvalue weighted by Gasteiger charge is -2.28. The van der Waals surface area contributed by atoms with Crippen molar-refractivity contribution in [3.8, 4) is 11.5 Å². The largest absolute Gasteiger partial charge is 0.493 e. The van der Waals surface area contributed by atoms with Crippen LogP contribution in [0.15, 0.2) is 23.2 Å². The standard InChI is InChI=1S/C17H28N4O4.HI/c1-23-15-4-3-13(9-16(15)24-2)10-19-17(18)20-11-14(22)12-21-5-7-25-8-6-21;/h3-4,9,14,22H,5-8,10-12H2,1-2H3,(H3,18,19,20);1H. The molecule has 0 spiro atoms. The molecule has 2 rings (SSSR count). The van der Waals surface area contributed by atoms with E-state index in [2.05, 4.69) is 15.2 Å². The van der Waals surface area contributed by atoms with Crippen molar-refractivity contribution in [1.82, 2.24) is 10.2 Å². The molecule has 1 aliphatic rings. The van der Waals surface area contributed by atoms with E-state index in [4.69, 9.17) is 19.9 Å². The SMILES string of the molecule is COc1ccc(CN=C(N)NCC(O)CN2CCOCC2)cc1OC.I. The molecule has 9 heteroatoms. The van der Waals surface area contributed by atoms with Gasteiger partial charge in [0.2, 0.25) is 0 Å². The predicted molar refractivity (Wildman–Crippen MR) is 112 cm³/mol. The Balaban J connectivity index is 0.00000338. The Morgan fingerprint density at radius 2 is 2.00 bits per heavy atom. The Morgan fingerprint density at radius 3 is 2.65 bits per heavy atom. The molecule has 1 fully saturated rings. The average Bonchev–Trinajstić information content (AvgIpc) is 2.65. The van der Waals surface area contributed by atoms with E-state index < -0.39 is 6.10 Å². The van der Waals surface area contributed by atoms with Gasteiger partial charge in [-0.25, -0.2) is 4.99 Å². The van der Waals surface area contributed by atoms with Crippen LogP contribution in [-0.2, 0) is 11.3 Å². The number of morpholine rings is 1. The zero-order valence-electron chi connectivity index (χ0n) is 15.3. The average molecular weight is 480 g/mol. The molecule has 1 unspecified atom stereocenters. The minimum atomic E-state index is -0.507. The molecule has 0 aromatic heterocycles. The fraction of sp³-hybridized carbons (Fsp3) is 0.588. The molecule has 1 atom stereocenters. The van der Waals surface area contributed by atoms with Crippen LogP contribution in [0.4, 0.5) is 0 Å². The summed E-state index contributed by atoms with van der Waals surface area (Å²) < 4.78 is 15.8. The van der Waals surface area contributed by atoms with Gasteiger partial charge in [-0.2, -0.15) is 0 Å². The summed E-state index contributed by atoms with van der Waals surface area (Å²) in [6, 6.07) is 5.60. The van der Waals surface area contributed by atoms with Gasteiger partial charge in [0.05, 0.1) is 40.1 Å². The van der Waals surface area contributed by atoms with E-state index in [0.29, 0.717) is 37.1 Å². The highest BCUT2D eigenvalue weighted by atomic mass is 127. The monoisotopic (exact) mass is 480 g/mol. The molecular formula is C17H29IN4O4. The summed E-state index contributed by atoms with van der Waals surface area (Å²) in [4.78, 5) is 6.46. The first-order valence-corrected chi connectivity index (χ1v) is 8.35. The van der Waals surface area contributed by atoms with Gasteiger partial charge in [-0.15, -0.1) is 24.0 Å². The number of methoxy groups -OCH3 is 2. The molecule has 4 N–H and O–H groups in total. The zero-order valence-corrected chi connectivity index (χ0v) is 17.6. The summed E-state index contributed by atoms with van der Waals surface area (Å²) in [6.07, 6.45) is -0.507. The highest BCUT2D eigenvalue weighted by Gasteiger charge is 2.14. The van der Waals surface area contributed by atoms with Gasteiger partial charge in [-0.3, -0.25) is 4.90 Å². The number of nitrogens with one attached hydrogen (secondary N) is 1. The Labute approximate surface area is 171 Å². The van der Waals surface area contributed by atoms with Gasteiger partial charge in [-0.1, -0.05) is 6.07 Å². The molecule has 148 valence electrons. The second-order valence-corrected chi connectivity index (χ2v) is 5.84. The molecule has 0 amide bonds. The number of aliphatic hydroxyl groups is 1. The number of guanidine groups is 1. The number of halogens is 1. The Kier molecular flexibility index (Phi) is 10.6. The van der Waals surface area contributed by atoms with Crippen molar-refractivity contribution >= 4 is 29.9 Å². The second kappa shape index (κ2) is 12.2. The van der Waals surface area contributed by atoms with E-state index in [0.717, 1.165) is 31.9 Å². The molecule has 0 radical (unpaired) electrons. The summed E-state index contributed by atoms with van der Waals surface area (Å²) in [5, 5.41) is 13.0. The lowest BCUT2D eigenvalue weighted by Crippen LogP contribution is -2.45. The minimum absolute atomic E-state index is 0. The third kappa shape index (κ3) is 7.52. The third-order valence-electron chi connectivity index (χ3n) is 3.97. The topological polar surface area (TPSA) is 102 Å². The van der Waals surface area contributed by atoms with Crippen molar-refractivity contribution in [2.24, 2.45) is 10.7 Å². The van der Waals surface area contributed by atoms with Crippen LogP contribution in [0, 0.1) is 0 Å². The fourth-order valence-electron chi connectivity index (χ4n) is 2.58. The molecule has 0 bridgehead atoms. The number of aliphatic imine (C=N–C) groups is 1. The molecule has 1 aromatic rings. The van der Waals surface area contributed by atoms with Crippen molar-refractivity contribution in [3.05, 3.63) is 23.8 Å². The van der Waals surface area contributed by atoms with Crippen LogP contribution in [0.3, 0.4) is 0 Å². The molecule has 8 nitrogen and oxygen atoms in total. The molecule has 0 aliphatic carbocycles. The van der Waals surface area contributed by atoms with Crippen LogP contribution in [-0.4, -0.2) is 75.7 Å². The van der Waals surface area contributed by atoms with Gasteiger partial charge in [0.1, 0.15) is 0 Å². The molecule has 0 saturated carbocycles. The van der Waals surface area contributed by atoms with Crippen molar-refractivity contribution < 1.29 is 19.3 Å². The first kappa shape index (κ1) is 22.7. The molecule has 1 saturated heterocycles. The van der Waals surface area contributed by atoms with Gasteiger partial charge in [0, 0.05) is 26.2 Å².